The molecule has 0 saturated heterocycles. The fourth-order valence-corrected chi connectivity index (χ4v) is 8.54. The molecule has 368 valence electrons. The van der Waals surface area contributed by atoms with E-state index in [2.05, 4.69) is 27.7 Å². The Balaban J connectivity index is 4.23. The van der Waals surface area contributed by atoms with Crippen LogP contribution in [-0.4, -0.2) is 37.2 Å². The zero-order valence-corrected chi connectivity index (χ0v) is 42.3. The van der Waals surface area contributed by atoms with Gasteiger partial charge >= 0.3 is 17.9 Å². The van der Waals surface area contributed by atoms with Gasteiger partial charge in [0.15, 0.2) is 6.10 Å². The lowest BCUT2D eigenvalue weighted by Gasteiger charge is -2.18. The molecular weight excluding hydrogens is 769 g/mol. The van der Waals surface area contributed by atoms with Crippen molar-refractivity contribution >= 4 is 17.9 Å². The topological polar surface area (TPSA) is 78.9 Å². The van der Waals surface area contributed by atoms with Gasteiger partial charge in [0.05, 0.1) is 0 Å². The van der Waals surface area contributed by atoms with E-state index in [1.54, 1.807) is 0 Å². The van der Waals surface area contributed by atoms with Crippen LogP contribution in [0.3, 0.4) is 0 Å². The summed E-state index contributed by atoms with van der Waals surface area (Å²) in [5.74, 6) is 0.0530. The molecule has 0 aliphatic rings. The average molecular weight is 877 g/mol. The average Bonchev–Trinajstić information content (AvgIpc) is 3.27. The van der Waals surface area contributed by atoms with Gasteiger partial charge in [-0.15, -0.1) is 0 Å². The maximum atomic E-state index is 12.8. The second-order valence-corrected chi connectivity index (χ2v) is 19.5. The van der Waals surface area contributed by atoms with E-state index in [1.807, 2.05) is 0 Å². The Bertz CT molecular complexity index is 935. The molecule has 0 spiro atoms. The standard InChI is InChI=1S/C56H108O6/c1-5-8-10-12-14-16-17-18-19-20-21-25-28-32-36-40-44-48-55(58)61-51-53(50-60-54(57)47-43-39-35-30-15-13-11-9-6-2)62-56(59)49-45-41-37-33-29-26-23-22-24-27-31-34-38-42-46-52(4)7-3/h52-53H,5-51H2,1-4H3/t52?,53-/m1/s1. The molecule has 0 aromatic rings. The predicted octanol–water partition coefficient (Wildman–Crippen LogP) is 18.2. The highest BCUT2D eigenvalue weighted by atomic mass is 16.6. The number of unbranched alkanes of at least 4 members (excludes halogenated alkanes) is 37. The molecule has 2 atom stereocenters. The van der Waals surface area contributed by atoms with Gasteiger partial charge in [0.25, 0.3) is 0 Å². The molecule has 6 heteroatoms. The Hall–Kier alpha value is -1.59. The Kier molecular flexibility index (Phi) is 49.1. The Morgan fingerprint density at radius 1 is 0.323 bits per heavy atom. The van der Waals surface area contributed by atoms with Gasteiger partial charge in [0, 0.05) is 19.3 Å². The summed E-state index contributed by atoms with van der Waals surface area (Å²) in [7, 11) is 0. The molecule has 0 amide bonds. The zero-order chi connectivity index (χ0) is 45.2. The Morgan fingerprint density at radius 3 is 0.839 bits per heavy atom. The van der Waals surface area contributed by atoms with Crippen LogP contribution in [0.15, 0.2) is 0 Å². The van der Waals surface area contributed by atoms with Crippen LogP contribution in [-0.2, 0) is 28.6 Å². The van der Waals surface area contributed by atoms with Crippen molar-refractivity contribution in [1.82, 2.24) is 0 Å². The highest BCUT2D eigenvalue weighted by molar-refractivity contribution is 5.71. The first-order valence-corrected chi connectivity index (χ1v) is 27.9. The number of hydrogen-bond donors (Lipinski definition) is 0. The molecule has 6 nitrogen and oxygen atoms in total. The van der Waals surface area contributed by atoms with Crippen LogP contribution in [0.4, 0.5) is 0 Å². The highest BCUT2D eigenvalue weighted by Gasteiger charge is 2.19. The molecule has 0 aliphatic carbocycles. The smallest absolute Gasteiger partial charge is 0.306 e. The minimum atomic E-state index is -0.760. The van der Waals surface area contributed by atoms with Crippen molar-refractivity contribution in [3.8, 4) is 0 Å². The maximum absolute atomic E-state index is 12.8. The number of esters is 3. The van der Waals surface area contributed by atoms with E-state index >= 15 is 0 Å². The van der Waals surface area contributed by atoms with E-state index in [4.69, 9.17) is 14.2 Å². The largest absolute Gasteiger partial charge is 0.462 e. The van der Waals surface area contributed by atoms with Crippen LogP contribution < -0.4 is 0 Å². The van der Waals surface area contributed by atoms with Gasteiger partial charge in [0.1, 0.15) is 13.2 Å². The molecule has 0 aromatic carbocycles. The molecule has 62 heavy (non-hydrogen) atoms. The summed E-state index contributed by atoms with van der Waals surface area (Å²) in [5, 5.41) is 0. The number of ether oxygens (including phenoxy) is 3. The third kappa shape index (κ3) is 47.9. The van der Waals surface area contributed by atoms with Gasteiger partial charge in [-0.25, -0.2) is 0 Å². The van der Waals surface area contributed by atoms with Crippen LogP contribution in [0.25, 0.3) is 0 Å². The lowest BCUT2D eigenvalue weighted by molar-refractivity contribution is -0.167. The summed E-state index contributed by atoms with van der Waals surface area (Å²) in [6, 6.07) is 0. The lowest BCUT2D eigenvalue weighted by Crippen LogP contribution is -2.30. The summed E-state index contributed by atoms with van der Waals surface area (Å²) in [5.41, 5.74) is 0. The molecule has 0 heterocycles. The van der Waals surface area contributed by atoms with Gasteiger partial charge < -0.3 is 14.2 Å². The first-order chi connectivity index (χ1) is 30.4. The van der Waals surface area contributed by atoms with Gasteiger partial charge in [-0.2, -0.15) is 0 Å². The van der Waals surface area contributed by atoms with E-state index in [0.717, 1.165) is 63.7 Å². The molecule has 0 aromatic heterocycles. The SMILES string of the molecule is CCCCCCCCCCCCCCCCCCCC(=O)OC[C@@H](COC(=O)CCCCCCCCCCC)OC(=O)CCCCCCCCCCCCCCCCC(C)CC. The second kappa shape index (κ2) is 50.4. The number of rotatable bonds is 51. The van der Waals surface area contributed by atoms with Crippen molar-refractivity contribution in [1.29, 1.82) is 0 Å². The van der Waals surface area contributed by atoms with E-state index in [-0.39, 0.29) is 31.1 Å². The Morgan fingerprint density at radius 2 is 0.565 bits per heavy atom. The summed E-state index contributed by atoms with van der Waals surface area (Å²) < 4.78 is 16.8. The van der Waals surface area contributed by atoms with Crippen molar-refractivity contribution in [2.75, 3.05) is 13.2 Å². The van der Waals surface area contributed by atoms with E-state index in [1.165, 1.54) is 212 Å². The molecule has 0 fully saturated rings. The number of hydrogen-bond acceptors (Lipinski definition) is 6. The fourth-order valence-electron chi connectivity index (χ4n) is 8.54. The predicted molar refractivity (Wildman–Crippen MR) is 266 cm³/mol. The lowest BCUT2D eigenvalue weighted by atomic mass is 9.99. The first kappa shape index (κ1) is 60.4. The van der Waals surface area contributed by atoms with Gasteiger partial charge in [-0.05, 0) is 25.2 Å². The normalized spacial score (nSPS) is 12.4. The van der Waals surface area contributed by atoms with E-state index in [0.29, 0.717) is 19.3 Å². The molecule has 0 saturated carbocycles. The second-order valence-electron chi connectivity index (χ2n) is 19.5. The van der Waals surface area contributed by atoms with Crippen molar-refractivity contribution in [2.45, 2.75) is 323 Å². The molecule has 0 aliphatic heterocycles. The molecule has 0 N–H and O–H groups in total. The number of carbonyl (C=O) groups is 3. The van der Waals surface area contributed by atoms with E-state index < -0.39 is 6.10 Å². The summed E-state index contributed by atoms with van der Waals surface area (Å²) in [6.07, 6.45) is 53.7. The van der Waals surface area contributed by atoms with E-state index in [9.17, 15) is 14.4 Å². The number of carbonyl (C=O) groups excluding carboxylic acids is 3. The van der Waals surface area contributed by atoms with Crippen molar-refractivity contribution < 1.29 is 28.6 Å². The fraction of sp³-hybridized carbons (Fsp3) is 0.946. The third-order valence-electron chi connectivity index (χ3n) is 13.2. The van der Waals surface area contributed by atoms with Crippen LogP contribution in [0.2, 0.25) is 0 Å². The summed E-state index contributed by atoms with van der Waals surface area (Å²) >= 11 is 0. The van der Waals surface area contributed by atoms with Crippen molar-refractivity contribution in [3.63, 3.8) is 0 Å². The van der Waals surface area contributed by atoms with Crippen LogP contribution >= 0.6 is 0 Å². The zero-order valence-electron chi connectivity index (χ0n) is 42.3. The maximum Gasteiger partial charge on any atom is 0.306 e. The van der Waals surface area contributed by atoms with Gasteiger partial charge in [0.2, 0.25) is 0 Å². The minimum Gasteiger partial charge on any atom is -0.462 e. The molecule has 0 bridgehead atoms. The Labute approximate surface area is 387 Å². The van der Waals surface area contributed by atoms with Crippen molar-refractivity contribution in [2.24, 2.45) is 5.92 Å². The molecular formula is C56H108O6. The van der Waals surface area contributed by atoms with Crippen LogP contribution in [0, 0.1) is 5.92 Å². The third-order valence-corrected chi connectivity index (χ3v) is 13.2. The van der Waals surface area contributed by atoms with Gasteiger partial charge in [-0.1, -0.05) is 278 Å². The molecule has 1 unspecified atom stereocenters. The van der Waals surface area contributed by atoms with Crippen molar-refractivity contribution in [3.05, 3.63) is 0 Å². The van der Waals surface area contributed by atoms with Gasteiger partial charge in [-0.3, -0.25) is 14.4 Å². The quantitative estimate of drug-likeness (QED) is 0.0344. The van der Waals surface area contributed by atoms with Crippen LogP contribution in [0.1, 0.15) is 317 Å². The van der Waals surface area contributed by atoms with Crippen LogP contribution in [0.5, 0.6) is 0 Å². The highest BCUT2D eigenvalue weighted by Crippen LogP contribution is 2.18. The summed E-state index contributed by atoms with van der Waals surface area (Å²) in [4.78, 5) is 38.0. The first-order valence-electron chi connectivity index (χ1n) is 27.9. The minimum absolute atomic E-state index is 0.0623. The molecule has 0 radical (unpaired) electrons. The monoisotopic (exact) mass is 877 g/mol. The molecule has 0 rings (SSSR count). The summed E-state index contributed by atoms with van der Waals surface area (Å²) in [6.45, 7) is 9.07.